The average molecular weight is 261 g/mol. The Morgan fingerprint density at radius 2 is 1.89 bits per heavy atom. The third kappa shape index (κ3) is 5.15. The van der Waals surface area contributed by atoms with Crippen LogP contribution in [-0.2, 0) is 10.2 Å². The van der Waals surface area contributed by atoms with Crippen LogP contribution >= 0.6 is 0 Å². The van der Waals surface area contributed by atoms with E-state index < -0.39 is 0 Å². The number of carbonyl (C=O) groups excluding carboxylic acids is 1. The number of benzene rings is 1. The average Bonchev–Trinajstić information content (AvgIpc) is 2.31. The molecule has 19 heavy (non-hydrogen) atoms. The van der Waals surface area contributed by atoms with E-state index in [4.69, 9.17) is 0 Å². The van der Waals surface area contributed by atoms with Crippen molar-refractivity contribution in [1.29, 1.82) is 0 Å². The maximum atomic E-state index is 10.9. The Hall–Kier alpha value is -1.15. The summed E-state index contributed by atoms with van der Waals surface area (Å²) in [6.45, 7) is 12.3. The molecule has 0 radical (unpaired) electrons. The summed E-state index contributed by atoms with van der Waals surface area (Å²) in [4.78, 5) is 10.9. The highest BCUT2D eigenvalue weighted by atomic mass is 16.1. The van der Waals surface area contributed by atoms with E-state index in [1.807, 2.05) is 0 Å². The van der Waals surface area contributed by atoms with E-state index in [2.05, 4.69) is 51.2 Å². The fraction of sp³-hybridized carbons (Fsp3) is 0.588. The van der Waals surface area contributed by atoms with Crippen LogP contribution in [0, 0.1) is 13.8 Å². The molecule has 0 bridgehead atoms. The van der Waals surface area contributed by atoms with E-state index in [9.17, 15) is 4.79 Å². The zero-order valence-electron chi connectivity index (χ0n) is 13.0. The molecule has 1 aromatic rings. The van der Waals surface area contributed by atoms with Crippen molar-refractivity contribution in [3.05, 3.63) is 34.9 Å². The number of carbonyl (C=O) groups is 1. The van der Waals surface area contributed by atoms with E-state index in [0.717, 1.165) is 19.5 Å². The molecule has 0 spiro atoms. The van der Waals surface area contributed by atoms with Crippen LogP contribution in [0.15, 0.2) is 18.2 Å². The minimum atomic E-state index is 0.120. The van der Waals surface area contributed by atoms with Gasteiger partial charge in [0.1, 0.15) is 5.78 Å². The Bertz CT molecular complexity index is 435. The molecule has 2 heteroatoms. The summed E-state index contributed by atoms with van der Waals surface area (Å²) >= 11 is 0. The largest absolute Gasteiger partial charge is 0.316 e. The number of nitrogens with one attached hydrogen (secondary N) is 1. The first-order chi connectivity index (χ1) is 8.83. The van der Waals surface area contributed by atoms with Gasteiger partial charge in [-0.3, -0.25) is 0 Å². The number of hydrogen-bond acceptors (Lipinski definition) is 2. The lowest BCUT2D eigenvalue weighted by molar-refractivity contribution is -0.117. The zero-order valence-corrected chi connectivity index (χ0v) is 13.0. The summed E-state index contributed by atoms with van der Waals surface area (Å²) in [5.41, 5.74) is 4.18. The molecule has 0 saturated carbocycles. The molecule has 0 aliphatic heterocycles. The van der Waals surface area contributed by atoms with Crippen molar-refractivity contribution in [3.8, 4) is 0 Å². The van der Waals surface area contributed by atoms with E-state index >= 15 is 0 Å². The molecule has 0 unspecified atom stereocenters. The molecule has 0 saturated heterocycles. The summed E-state index contributed by atoms with van der Waals surface area (Å²) in [7, 11) is 0. The number of Topliss-reactive ketones (excluding diaryl/α,β-unsaturated/α-hetero) is 1. The van der Waals surface area contributed by atoms with Crippen LogP contribution in [0.2, 0.25) is 0 Å². The molecule has 0 aliphatic carbocycles. The van der Waals surface area contributed by atoms with Gasteiger partial charge in [-0.1, -0.05) is 32.0 Å². The summed E-state index contributed by atoms with van der Waals surface area (Å²) in [6.07, 6.45) is 1.61. The minimum Gasteiger partial charge on any atom is -0.316 e. The maximum Gasteiger partial charge on any atom is 0.129 e. The Kier molecular flexibility index (Phi) is 5.74. The van der Waals surface area contributed by atoms with E-state index in [1.165, 1.54) is 16.7 Å². The SMILES string of the molecule is CC(=O)CCCNCC(C)(C)c1ccc(C)c(C)c1. The molecular weight excluding hydrogens is 234 g/mol. The lowest BCUT2D eigenvalue weighted by Crippen LogP contribution is -2.33. The molecule has 106 valence electrons. The topological polar surface area (TPSA) is 29.1 Å². The van der Waals surface area contributed by atoms with Crippen molar-refractivity contribution in [1.82, 2.24) is 5.32 Å². The molecule has 2 nitrogen and oxygen atoms in total. The van der Waals surface area contributed by atoms with Crippen LogP contribution in [0.25, 0.3) is 0 Å². The number of ketones is 1. The van der Waals surface area contributed by atoms with Crippen LogP contribution in [0.3, 0.4) is 0 Å². The van der Waals surface area contributed by atoms with Crippen molar-refractivity contribution in [3.63, 3.8) is 0 Å². The van der Waals surface area contributed by atoms with E-state index in [0.29, 0.717) is 6.42 Å². The quantitative estimate of drug-likeness (QED) is 0.761. The van der Waals surface area contributed by atoms with Crippen LogP contribution in [0.4, 0.5) is 0 Å². The van der Waals surface area contributed by atoms with Crippen LogP contribution in [-0.4, -0.2) is 18.9 Å². The highest BCUT2D eigenvalue weighted by molar-refractivity contribution is 5.75. The molecule has 0 amide bonds. The van der Waals surface area contributed by atoms with Crippen molar-refractivity contribution >= 4 is 5.78 Å². The molecule has 0 aromatic heterocycles. The van der Waals surface area contributed by atoms with Crippen molar-refractivity contribution in [2.45, 2.75) is 52.9 Å². The molecule has 1 N–H and O–H groups in total. The first-order valence-corrected chi connectivity index (χ1v) is 7.11. The molecular formula is C17H27NO. The van der Waals surface area contributed by atoms with Gasteiger partial charge in [0.05, 0.1) is 0 Å². The fourth-order valence-electron chi connectivity index (χ4n) is 2.13. The Morgan fingerprint density at radius 3 is 2.47 bits per heavy atom. The van der Waals surface area contributed by atoms with E-state index in [1.54, 1.807) is 6.92 Å². The van der Waals surface area contributed by atoms with Crippen molar-refractivity contribution in [2.24, 2.45) is 0 Å². The van der Waals surface area contributed by atoms with Crippen LogP contribution < -0.4 is 5.32 Å². The van der Waals surface area contributed by atoms with Gasteiger partial charge in [0.15, 0.2) is 0 Å². The third-order valence-corrected chi connectivity index (χ3v) is 3.74. The lowest BCUT2D eigenvalue weighted by atomic mass is 9.83. The summed E-state index contributed by atoms with van der Waals surface area (Å²) in [6, 6.07) is 6.70. The highest BCUT2D eigenvalue weighted by Gasteiger charge is 2.20. The molecule has 0 atom stereocenters. The van der Waals surface area contributed by atoms with Gasteiger partial charge in [-0.25, -0.2) is 0 Å². The standard InChI is InChI=1S/C17H27NO/c1-13-8-9-16(11-14(13)2)17(4,5)12-18-10-6-7-15(3)19/h8-9,11,18H,6-7,10,12H2,1-5H3. The van der Waals surface area contributed by atoms with E-state index in [-0.39, 0.29) is 11.2 Å². The van der Waals surface area contributed by atoms with Gasteiger partial charge in [-0.2, -0.15) is 0 Å². The second-order valence-electron chi connectivity index (χ2n) is 6.17. The van der Waals surface area contributed by atoms with Gasteiger partial charge in [0.2, 0.25) is 0 Å². The Morgan fingerprint density at radius 1 is 1.21 bits per heavy atom. The van der Waals surface area contributed by atoms with Gasteiger partial charge < -0.3 is 10.1 Å². The number of aryl methyl sites for hydroxylation is 2. The third-order valence-electron chi connectivity index (χ3n) is 3.74. The normalized spacial score (nSPS) is 11.6. The summed E-state index contributed by atoms with van der Waals surface area (Å²) in [5.74, 6) is 0.273. The highest BCUT2D eigenvalue weighted by Crippen LogP contribution is 2.24. The van der Waals surface area contributed by atoms with Crippen molar-refractivity contribution in [2.75, 3.05) is 13.1 Å². The smallest absolute Gasteiger partial charge is 0.129 e. The maximum absolute atomic E-state index is 10.9. The zero-order chi connectivity index (χ0) is 14.5. The second kappa shape index (κ2) is 6.85. The predicted molar refractivity (Wildman–Crippen MR) is 81.7 cm³/mol. The predicted octanol–water partition coefficient (Wildman–Crippen LogP) is 3.54. The first-order valence-electron chi connectivity index (χ1n) is 7.11. The van der Waals surface area contributed by atoms with Crippen molar-refractivity contribution < 1.29 is 4.79 Å². The summed E-state index contributed by atoms with van der Waals surface area (Å²) < 4.78 is 0. The number of rotatable bonds is 7. The molecule has 1 rings (SSSR count). The van der Waals surface area contributed by atoms with Gasteiger partial charge in [0, 0.05) is 18.4 Å². The Balaban J connectivity index is 2.50. The first kappa shape index (κ1) is 15.9. The van der Waals surface area contributed by atoms with Crippen LogP contribution in [0.5, 0.6) is 0 Å². The lowest BCUT2D eigenvalue weighted by Gasteiger charge is -2.26. The second-order valence-corrected chi connectivity index (χ2v) is 6.17. The monoisotopic (exact) mass is 261 g/mol. The molecule has 0 aliphatic rings. The molecule has 0 heterocycles. The van der Waals surface area contributed by atoms with Gasteiger partial charge in [-0.05, 0) is 50.4 Å². The number of hydrogen-bond donors (Lipinski definition) is 1. The van der Waals surface area contributed by atoms with Crippen LogP contribution in [0.1, 0.15) is 50.3 Å². The van der Waals surface area contributed by atoms with Gasteiger partial charge >= 0.3 is 0 Å². The van der Waals surface area contributed by atoms with Gasteiger partial charge in [0.25, 0.3) is 0 Å². The minimum absolute atomic E-state index is 0.120. The molecule has 0 fully saturated rings. The van der Waals surface area contributed by atoms with Gasteiger partial charge in [-0.15, -0.1) is 0 Å². The fourth-order valence-corrected chi connectivity index (χ4v) is 2.13. The Labute approximate surface area is 117 Å². The molecule has 1 aromatic carbocycles. The summed E-state index contributed by atoms with van der Waals surface area (Å²) in [5, 5.41) is 3.46.